The van der Waals surface area contributed by atoms with Gasteiger partial charge in [-0.25, -0.2) is 0 Å². The molecule has 0 radical (unpaired) electrons. The van der Waals surface area contributed by atoms with E-state index in [-0.39, 0.29) is 5.41 Å². The maximum absolute atomic E-state index is 4.43. The summed E-state index contributed by atoms with van der Waals surface area (Å²) in [6.07, 6.45) is 5.77. The van der Waals surface area contributed by atoms with Crippen molar-refractivity contribution in [3.8, 4) is 0 Å². The first-order valence-corrected chi connectivity index (χ1v) is 5.73. The zero-order chi connectivity index (χ0) is 11.1. The van der Waals surface area contributed by atoms with Crippen molar-refractivity contribution in [1.82, 2.24) is 9.78 Å². The summed E-state index contributed by atoms with van der Waals surface area (Å²) < 4.78 is 2.16. The topological polar surface area (TPSA) is 17.8 Å². The minimum atomic E-state index is 0.127. The highest BCUT2D eigenvalue weighted by Gasteiger charge is 2.26. The second-order valence-electron chi connectivity index (χ2n) is 5.47. The number of rotatable bonds is 2. The second-order valence-corrected chi connectivity index (χ2v) is 5.47. The number of nitrogens with zero attached hydrogens (tertiary/aromatic N) is 2. The van der Waals surface area contributed by atoms with Crippen LogP contribution in [0.15, 0.2) is 18.8 Å². The number of hydrogen-bond donors (Lipinski definition) is 0. The van der Waals surface area contributed by atoms with Gasteiger partial charge in [0.15, 0.2) is 0 Å². The van der Waals surface area contributed by atoms with Gasteiger partial charge in [-0.15, -0.1) is 0 Å². The molecule has 1 saturated carbocycles. The van der Waals surface area contributed by atoms with Crippen molar-refractivity contribution in [3.05, 3.63) is 24.5 Å². The Morgan fingerprint density at radius 3 is 2.60 bits per heavy atom. The summed E-state index contributed by atoms with van der Waals surface area (Å²) in [5.41, 5.74) is 2.53. The first-order chi connectivity index (χ1) is 7.00. The van der Waals surface area contributed by atoms with E-state index in [0.29, 0.717) is 6.04 Å². The summed E-state index contributed by atoms with van der Waals surface area (Å²) in [5, 5.41) is 4.43. The minimum Gasteiger partial charge on any atom is -0.262 e. The zero-order valence-corrected chi connectivity index (χ0v) is 9.95. The van der Waals surface area contributed by atoms with Gasteiger partial charge in [-0.2, -0.15) is 5.10 Å². The Morgan fingerprint density at radius 2 is 2.13 bits per heavy atom. The van der Waals surface area contributed by atoms with E-state index in [1.807, 2.05) is 6.20 Å². The molecule has 0 bridgehead atoms. The maximum Gasteiger partial charge on any atom is 0.0644 e. The third-order valence-electron chi connectivity index (χ3n) is 3.31. The van der Waals surface area contributed by atoms with Crippen LogP contribution < -0.4 is 0 Å². The fourth-order valence-corrected chi connectivity index (χ4v) is 1.86. The third-order valence-corrected chi connectivity index (χ3v) is 3.31. The summed E-state index contributed by atoms with van der Waals surface area (Å²) in [7, 11) is 0. The lowest BCUT2D eigenvalue weighted by molar-refractivity contribution is 0.286. The van der Waals surface area contributed by atoms with Gasteiger partial charge in [0.25, 0.3) is 0 Å². The van der Waals surface area contributed by atoms with Crippen LogP contribution in [0, 0.1) is 5.41 Å². The Hall–Kier alpha value is -1.05. The standard InChI is InChI=1S/C13H20N2/c1-10(13(2,3)4)12-8-9-14-15(12)11-6-5-7-11/h8-9,11H,1,5-7H2,2-4H3. The van der Waals surface area contributed by atoms with Gasteiger partial charge in [-0.3, -0.25) is 4.68 Å². The van der Waals surface area contributed by atoms with E-state index in [2.05, 4.69) is 43.2 Å². The minimum absolute atomic E-state index is 0.127. The molecule has 0 aromatic carbocycles. The van der Waals surface area contributed by atoms with E-state index in [1.54, 1.807) is 0 Å². The maximum atomic E-state index is 4.43. The second kappa shape index (κ2) is 3.51. The Kier molecular flexibility index (Phi) is 2.45. The van der Waals surface area contributed by atoms with Gasteiger partial charge in [0, 0.05) is 6.20 Å². The Morgan fingerprint density at radius 1 is 1.47 bits per heavy atom. The quantitative estimate of drug-likeness (QED) is 0.718. The van der Waals surface area contributed by atoms with Gasteiger partial charge < -0.3 is 0 Å². The van der Waals surface area contributed by atoms with E-state index >= 15 is 0 Å². The molecule has 1 aromatic rings. The molecular weight excluding hydrogens is 184 g/mol. The van der Waals surface area contributed by atoms with Crippen LogP contribution in [0.2, 0.25) is 0 Å². The van der Waals surface area contributed by atoms with Crippen molar-refractivity contribution in [3.63, 3.8) is 0 Å². The van der Waals surface area contributed by atoms with E-state index < -0.39 is 0 Å². The lowest BCUT2D eigenvalue weighted by Crippen LogP contribution is -2.21. The van der Waals surface area contributed by atoms with Crippen molar-refractivity contribution in [2.75, 3.05) is 0 Å². The third kappa shape index (κ3) is 1.85. The lowest BCUT2D eigenvalue weighted by Gasteiger charge is -2.30. The normalized spacial score (nSPS) is 17.5. The zero-order valence-electron chi connectivity index (χ0n) is 9.95. The Balaban J connectivity index is 2.28. The van der Waals surface area contributed by atoms with Crippen LogP contribution in [-0.2, 0) is 0 Å². The lowest BCUT2D eigenvalue weighted by atomic mass is 9.85. The van der Waals surface area contributed by atoms with Crippen molar-refractivity contribution >= 4 is 5.57 Å². The molecule has 0 unspecified atom stereocenters. The molecule has 2 heteroatoms. The van der Waals surface area contributed by atoms with Crippen molar-refractivity contribution < 1.29 is 0 Å². The van der Waals surface area contributed by atoms with Gasteiger partial charge >= 0.3 is 0 Å². The van der Waals surface area contributed by atoms with E-state index in [9.17, 15) is 0 Å². The monoisotopic (exact) mass is 204 g/mol. The molecule has 1 aliphatic carbocycles. The van der Waals surface area contributed by atoms with Crippen LogP contribution in [0.4, 0.5) is 0 Å². The molecule has 0 saturated heterocycles. The van der Waals surface area contributed by atoms with E-state index in [1.165, 1.54) is 30.5 Å². The summed E-state index contributed by atoms with van der Waals surface area (Å²) in [6.45, 7) is 10.8. The highest BCUT2D eigenvalue weighted by Crippen LogP contribution is 2.37. The first-order valence-electron chi connectivity index (χ1n) is 5.73. The van der Waals surface area contributed by atoms with Crippen LogP contribution in [0.3, 0.4) is 0 Å². The number of aromatic nitrogens is 2. The number of hydrogen-bond acceptors (Lipinski definition) is 1. The molecule has 1 fully saturated rings. The van der Waals surface area contributed by atoms with Crippen LogP contribution in [-0.4, -0.2) is 9.78 Å². The molecule has 2 nitrogen and oxygen atoms in total. The molecule has 0 N–H and O–H groups in total. The van der Waals surface area contributed by atoms with E-state index in [4.69, 9.17) is 0 Å². The molecular formula is C13H20N2. The molecule has 1 aromatic heterocycles. The molecule has 82 valence electrons. The fourth-order valence-electron chi connectivity index (χ4n) is 1.86. The molecule has 1 heterocycles. The molecule has 0 spiro atoms. The number of allylic oxidation sites excluding steroid dienone is 1. The van der Waals surface area contributed by atoms with Crippen molar-refractivity contribution in [2.24, 2.45) is 5.41 Å². The van der Waals surface area contributed by atoms with Gasteiger partial charge in [0.1, 0.15) is 0 Å². The SMILES string of the molecule is C=C(c1ccnn1C1CCC1)C(C)(C)C. The van der Waals surface area contributed by atoms with Gasteiger partial charge in [-0.1, -0.05) is 27.4 Å². The predicted octanol–water partition coefficient (Wildman–Crippen LogP) is 3.67. The fraction of sp³-hybridized carbons (Fsp3) is 0.615. The van der Waals surface area contributed by atoms with Crippen molar-refractivity contribution in [1.29, 1.82) is 0 Å². The summed E-state index contributed by atoms with van der Waals surface area (Å²) >= 11 is 0. The van der Waals surface area contributed by atoms with Gasteiger partial charge in [0.2, 0.25) is 0 Å². The average molecular weight is 204 g/mol. The van der Waals surface area contributed by atoms with Crippen molar-refractivity contribution in [2.45, 2.75) is 46.1 Å². The largest absolute Gasteiger partial charge is 0.262 e. The summed E-state index contributed by atoms with van der Waals surface area (Å²) in [6, 6.07) is 2.71. The molecule has 0 atom stereocenters. The van der Waals surface area contributed by atoms with Crippen LogP contribution in [0.25, 0.3) is 5.57 Å². The molecule has 1 aliphatic rings. The van der Waals surface area contributed by atoms with E-state index in [0.717, 1.165) is 0 Å². The van der Waals surface area contributed by atoms with Crippen LogP contribution >= 0.6 is 0 Å². The van der Waals surface area contributed by atoms with Crippen LogP contribution in [0.5, 0.6) is 0 Å². The van der Waals surface area contributed by atoms with Gasteiger partial charge in [0.05, 0.1) is 11.7 Å². The summed E-state index contributed by atoms with van der Waals surface area (Å²) in [5.74, 6) is 0. The molecule has 2 rings (SSSR count). The highest BCUT2D eigenvalue weighted by atomic mass is 15.3. The first kappa shape index (κ1) is 10.5. The molecule has 15 heavy (non-hydrogen) atoms. The van der Waals surface area contributed by atoms with Gasteiger partial charge in [-0.05, 0) is 36.3 Å². The Bertz CT molecular complexity index is 364. The summed E-state index contributed by atoms with van der Waals surface area (Å²) in [4.78, 5) is 0. The molecule has 0 amide bonds. The highest BCUT2D eigenvalue weighted by molar-refractivity contribution is 5.64. The Labute approximate surface area is 92.0 Å². The smallest absolute Gasteiger partial charge is 0.0644 e. The van der Waals surface area contributed by atoms with Crippen LogP contribution in [0.1, 0.15) is 51.8 Å². The predicted molar refractivity (Wildman–Crippen MR) is 63.6 cm³/mol. The average Bonchev–Trinajstić information content (AvgIpc) is 2.46. The molecule has 0 aliphatic heterocycles.